The van der Waals surface area contributed by atoms with Gasteiger partial charge in [0.1, 0.15) is 6.04 Å². The van der Waals surface area contributed by atoms with Crippen molar-refractivity contribution in [3.05, 3.63) is 48.0 Å². The highest BCUT2D eigenvalue weighted by atomic mass is 16.1. The van der Waals surface area contributed by atoms with Gasteiger partial charge in [0.15, 0.2) is 0 Å². The molecule has 0 bridgehead atoms. The highest BCUT2D eigenvalue weighted by Gasteiger charge is 2.16. The van der Waals surface area contributed by atoms with Crippen LogP contribution >= 0.6 is 0 Å². The van der Waals surface area contributed by atoms with Crippen LogP contribution in [0.4, 0.5) is 0 Å². The van der Waals surface area contributed by atoms with Crippen LogP contribution in [0.2, 0.25) is 0 Å². The van der Waals surface area contributed by atoms with Gasteiger partial charge in [0, 0.05) is 0 Å². The third-order valence-electron chi connectivity index (χ3n) is 2.99. The minimum atomic E-state index is -0.408. The van der Waals surface area contributed by atoms with E-state index in [1.807, 2.05) is 36.4 Å². The Kier molecular flexibility index (Phi) is 3.95. The SMILES string of the molecule is CCCNC(C(N)=O)c1ccc2ccccc2c1. The molecule has 0 aromatic heterocycles. The van der Waals surface area contributed by atoms with Gasteiger partial charge in [0.2, 0.25) is 5.91 Å². The molecule has 0 spiro atoms. The maximum absolute atomic E-state index is 11.5. The lowest BCUT2D eigenvalue weighted by Gasteiger charge is -2.15. The molecule has 94 valence electrons. The number of nitrogens with two attached hydrogens (primary N) is 1. The monoisotopic (exact) mass is 242 g/mol. The lowest BCUT2D eigenvalue weighted by molar-refractivity contribution is -0.120. The molecule has 0 saturated carbocycles. The molecular formula is C15H18N2O. The maximum atomic E-state index is 11.5. The molecule has 0 fully saturated rings. The Bertz CT molecular complexity index is 551. The second-order valence-electron chi connectivity index (χ2n) is 4.40. The second kappa shape index (κ2) is 5.65. The van der Waals surface area contributed by atoms with E-state index in [-0.39, 0.29) is 5.91 Å². The molecular weight excluding hydrogens is 224 g/mol. The fourth-order valence-corrected chi connectivity index (χ4v) is 2.06. The van der Waals surface area contributed by atoms with E-state index in [0.29, 0.717) is 0 Å². The van der Waals surface area contributed by atoms with Crippen LogP contribution in [0.1, 0.15) is 24.9 Å². The van der Waals surface area contributed by atoms with Crippen molar-refractivity contribution in [2.45, 2.75) is 19.4 Å². The standard InChI is InChI=1S/C15H18N2O/c1-2-9-17-14(15(16)18)13-8-7-11-5-3-4-6-12(11)10-13/h3-8,10,14,17H,2,9H2,1H3,(H2,16,18). The number of hydrogen-bond donors (Lipinski definition) is 2. The summed E-state index contributed by atoms with van der Waals surface area (Å²) in [6.45, 7) is 2.84. The Morgan fingerprint density at radius 1 is 1.22 bits per heavy atom. The number of primary amides is 1. The summed E-state index contributed by atoms with van der Waals surface area (Å²) < 4.78 is 0. The van der Waals surface area contributed by atoms with Crippen LogP contribution in [0.5, 0.6) is 0 Å². The van der Waals surface area contributed by atoms with Crippen molar-refractivity contribution in [3.63, 3.8) is 0 Å². The van der Waals surface area contributed by atoms with Crippen LogP contribution in [0.15, 0.2) is 42.5 Å². The highest BCUT2D eigenvalue weighted by Crippen LogP contribution is 2.20. The van der Waals surface area contributed by atoms with Crippen LogP contribution in [0, 0.1) is 0 Å². The Balaban J connectivity index is 2.35. The van der Waals surface area contributed by atoms with Gasteiger partial charge in [-0.3, -0.25) is 4.79 Å². The van der Waals surface area contributed by atoms with E-state index in [1.54, 1.807) is 0 Å². The molecule has 1 atom stereocenters. The van der Waals surface area contributed by atoms with Crippen molar-refractivity contribution in [1.82, 2.24) is 5.32 Å². The van der Waals surface area contributed by atoms with Crippen molar-refractivity contribution in [3.8, 4) is 0 Å². The molecule has 0 saturated heterocycles. The van der Waals surface area contributed by atoms with E-state index in [0.717, 1.165) is 23.9 Å². The Morgan fingerprint density at radius 2 is 1.94 bits per heavy atom. The van der Waals surface area contributed by atoms with Crippen molar-refractivity contribution in [2.75, 3.05) is 6.54 Å². The van der Waals surface area contributed by atoms with E-state index in [1.165, 1.54) is 5.39 Å². The first-order valence-electron chi connectivity index (χ1n) is 6.23. The molecule has 1 unspecified atom stereocenters. The van der Waals surface area contributed by atoms with Gasteiger partial charge >= 0.3 is 0 Å². The molecule has 2 aromatic rings. The Morgan fingerprint density at radius 3 is 2.61 bits per heavy atom. The first-order chi connectivity index (χ1) is 8.72. The lowest BCUT2D eigenvalue weighted by atomic mass is 10.0. The van der Waals surface area contributed by atoms with Crippen LogP contribution in [0.25, 0.3) is 10.8 Å². The topological polar surface area (TPSA) is 55.1 Å². The first-order valence-corrected chi connectivity index (χ1v) is 6.23. The first kappa shape index (κ1) is 12.6. The van der Waals surface area contributed by atoms with E-state index in [9.17, 15) is 4.79 Å². The van der Waals surface area contributed by atoms with Gasteiger partial charge in [-0.25, -0.2) is 0 Å². The quantitative estimate of drug-likeness (QED) is 0.845. The minimum Gasteiger partial charge on any atom is -0.368 e. The number of hydrogen-bond acceptors (Lipinski definition) is 2. The Labute approximate surface area is 107 Å². The fraction of sp³-hybridized carbons (Fsp3) is 0.267. The average Bonchev–Trinajstić information content (AvgIpc) is 2.38. The maximum Gasteiger partial charge on any atom is 0.239 e. The van der Waals surface area contributed by atoms with Gasteiger partial charge in [-0.05, 0) is 35.4 Å². The molecule has 0 aliphatic rings. The molecule has 0 aliphatic heterocycles. The van der Waals surface area contributed by atoms with Gasteiger partial charge < -0.3 is 11.1 Å². The molecule has 3 N–H and O–H groups in total. The predicted octanol–water partition coefficient (Wildman–Crippen LogP) is 2.37. The van der Waals surface area contributed by atoms with Crippen molar-refractivity contribution in [2.24, 2.45) is 5.73 Å². The van der Waals surface area contributed by atoms with E-state index >= 15 is 0 Å². The fourth-order valence-electron chi connectivity index (χ4n) is 2.06. The number of carbonyl (C=O) groups is 1. The summed E-state index contributed by atoms with van der Waals surface area (Å²) in [5.74, 6) is -0.335. The summed E-state index contributed by atoms with van der Waals surface area (Å²) >= 11 is 0. The number of benzene rings is 2. The van der Waals surface area contributed by atoms with Gasteiger partial charge in [0.05, 0.1) is 0 Å². The van der Waals surface area contributed by atoms with Crippen molar-refractivity contribution in [1.29, 1.82) is 0 Å². The van der Waals surface area contributed by atoms with Crippen LogP contribution < -0.4 is 11.1 Å². The summed E-state index contributed by atoms with van der Waals surface area (Å²) in [6, 6.07) is 13.7. The zero-order valence-electron chi connectivity index (χ0n) is 10.5. The molecule has 3 heteroatoms. The molecule has 3 nitrogen and oxygen atoms in total. The Hall–Kier alpha value is -1.87. The van der Waals surface area contributed by atoms with E-state index in [4.69, 9.17) is 5.73 Å². The molecule has 2 aromatic carbocycles. The van der Waals surface area contributed by atoms with Crippen LogP contribution in [0.3, 0.4) is 0 Å². The predicted molar refractivity (Wildman–Crippen MR) is 74.2 cm³/mol. The van der Waals surface area contributed by atoms with Crippen molar-refractivity contribution >= 4 is 16.7 Å². The number of fused-ring (bicyclic) bond motifs is 1. The summed E-state index contributed by atoms with van der Waals surface area (Å²) in [7, 11) is 0. The van der Waals surface area contributed by atoms with Gasteiger partial charge in [0.25, 0.3) is 0 Å². The van der Waals surface area contributed by atoms with Crippen LogP contribution in [-0.2, 0) is 4.79 Å². The minimum absolute atomic E-state index is 0.335. The molecule has 18 heavy (non-hydrogen) atoms. The van der Waals surface area contributed by atoms with Gasteiger partial charge in [-0.1, -0.05) is 43.3 Å². The molecule has 2 rings (SSSR count). The lowest BCUT2D eigenvalue weighted by Crippen LogP contribution is -2.34. The normalized spacial score (nSPS) is 12.5. The third kappa shape index (κ3) is 2.68. The largest absolute Gasteiger partial charge is 0.368 e. The second-order valence-corrected chi connectivity index (χ2v) is 4.40. The van der Waals surface area contributed by atoms with E-state index < -0.39 is 6.04 Å². The van der Waals surface area contributed by atoms with E-state index in [2.05, 4.69) is 18.3 Å². The van der Waals surface area contributed by atoms with Gasteiger partial charge in [-0.15, -0.1) is 0 Å². The van der Waals surface area contributed by atoms with Crippen molar-refractivity contribution < 1.29 is 4.79 Å². The number of nitrogens with one attached hydrogen (secondary N) is 1. The summed E-state index contributed by atoms with van der Waals surface area (Å²) in [5, 5.41) is 5.47. The van der Waals surface area contributed by atoms with Crippen LogP contribution in [-0.4, -0.2) is 12.5 Å². The molecule has 0 radical (unpaired) electrons. The zero-order valence-corrected chi connectivity index (χ0v) is 10.5. The average molecular weight is 242 g/mol. The smallest absolute Gasteiger partial charge is 0.239 e. The summed E-state index contributed by atoms with van der Waals surface area (Å²) in [5.41, 5.74) is 6.38. The summed E-state index contributed by atoms with van der Waals surface area (Å²) in [4.78, 5) is 11.5. The highest BCUT2D eigenvalue weighted by molar-refractivity contribution is 5.86. The zero-order chi connectivity index (χ0) is 13.0. The molecule has 1 amide bonds. The molecule has 0 aliphatic carbocycles. The molecule has 0 heterocycles. The van der Waals surface area contributed by atoms with Gasteiger partial charge in [-0.2, -0.15) is 0 Å². The number of amides is 1. The number of carbonyl (C=O) groups excluding carboxylic acids is 1. The third-order valence-corrected chi connectivity index (χ3v) is 2.99. The number of rotatable bonds is 5. The summed E-state index contributed by atoms with van der Waals surface area (Å²) in [6.07, 6.45) is 0.970.